The van der Waals surface area contributed by atoms with Crippen molar-refractivity contribution in [3.8, 4) is 5.75 Å². The molecule has 17 heavy (non-hydrogen) atoms. The first-order valence-corrected chi connectivity index (χ1v) is 5.32. The SMILES string of the molecule is CC(C)(C)OC(=O)NCc1cc(O)ccc1N. The van der Waals surface area contributed by atoms with Crippen LogP contribution >= 0.6 is 0 Å². The topological polar surface area (TPSA) is 84.6 Å². The number of nitrogen functional groups attached to an aromatic ring is 1. The lowest BCUT2D eigenvalue weighted by atomic mass is 10.1. The zero-order valence-corrected chi connectivity index (χ0v) is 10.3. The van der Waals surface area contributed by atoms with E-state index in [4.69, 9.17) is 10.5 Å². The zero-order valence-electron chi connectivity index (χ0n) is 10.3. The Bertz CT molecular complexity index is 411. The highest BCUT2D eigenvalue weighted by Crippen LogP contribution is 2.18. The van der Waals surface area contributed by atoms with Crippen molar-refractivity contribution in [2.24, 2.45) is 0 Å². The molecule has 0 heterocycles. The van der Waals surface area contributed by atoms with Crippen LogP contribution in [0.1, 0.15) is 26.3 Å². The maximum Gasteiger partial charge on any atom is 0.407 e. The summed E-state index contributed by atoms with van der Waals surface area (Å²) in [6, 6.07) is 4.58. The van der Waals surface area contributed by atoms with Crippen molar-refractivity contribution < 1.29 is 14.6 Å². The van der Waals surface area contributed by atoms with Gasteiger partial charge in [-0.1, -0.05) is 0 Å². The molecule has 0 saturated carbocycles. The molecule has 0 saturated heterocycles. The van der Waals surface area contributed by atoms with E-state index >= 15 is 0 Å². The smallest absolute Gasteiger partial charge is 0.407 e. The van der Waals surface area contributed by atoms with Gasteiger partial charge in [-0.25, -0.2) is 4.79 Å². The molecular formula is C12H18N2O3. The van der Waals surface area contributed by atoms with Crippen molar-refractivity contribution in [1.82, 2.24) is 5.32 Å². The Morgan fingerprint density at radius 3 is 2.71 bits per heavy atom. The number of carbonyl (C=O) groups is 1. The van der Waals surface area contributed by atoms with Crippen molar-refractivity contribution in [3.63, 3.8) is 0 Å². The number of carbonyl (C=O) groups excluding carboxylic acids is 1. The van der Waals surface area contributed by atoms with Crippen LogP contribution in [0.15, 0.2) is 18.2 Å². The number of aromatic hydroxyl groups is 1. The van der Waals surface area contributed by atoms with Crippen LogP contribution in [-0.2, 0) is 11.3 Å². The van der Waals surface area contributed by atoms with E-state index in [0.717, 1.165) is 0 Å². The molecule has 0 unspecified atom stereocenters. The molecular weight excluding hydrogens is 220 g/mol. The lowest BCUT2D eigenvalue weighted by Crippen LogP contribution is -2.32. The van der Waals surface area contributed by atoms with E-state index in [9.17, 15) is 9.90 Å². The minimum atomic E-state index is -0.533. The Balaban J connectivity index is 2.56. The van der Waals surface area contributed by atoms with Crippen molar-refractivity contribution in [1.29, 1.82) is 0 Å². The van der Waals surface area contributed by atoms with Crippen LogP contribution in [0.4, 0.5) is 10.5 Å². The number of nitrogens with two attached hydrogens (primary N) is 1. The molecule has 0 aromatic heterocycles. The minimum absolute atomic E-state index is 0.111. The van der Waals surface area contributed by atoms with Gasteiger partial charge in [0.05, 0.1) is 0 Å². The highest BCUT2D eigenvalue weighted by molar-refractivity contribution is 5.68. The molecule has 1 rings (SSSR count). The number of benzene rings is 1. The average Bonchev–Trinajstić information content (AvgIpc) is 2.17. The molecule has 0 aliphatic rings. The van der Waals surface area contributed by atoms with Crippen molar-refractivity contribution in [3.05, 3.63) is 23.8 Å². The number of rotatable bonds is 2. The lowest BCUT2D eigenvalue weighted by Gasteiger charge is -2.19. The van der Waals surface area contributed by atoms with Gasteiger partial charge in [0.2, 0.25) is 0 Å². The number of hydrogen-bond donors (Lipinski definition) is 3. The summed E-state index contributed by atoms with van der Waals surface area (Å²) in [7, 11) is 0. The van der Waals surface area contributed by atoms with E-state index in [1.807, 2.05) is 0 Å². The van der Waals surface area contributed by atoms with E-state index in [-0.39, 0.29) is 12.3 Å². The van der Waals surface area contributed by atoms with Crippen LogP contribution < -0.4 is 11.1 Å². The maximum absolute atomic E-state index is 11.4. The number of hydrogen-bond acceptors (Lipinski definition) is 4. The monoisotopic (exact) mass is 238 g/mol. The molecule has 94 valence electrons. The molecule has 0 radical (unpaired) electrons. The maximum atomic E-state index is 11.4. The fourth-order valence-electron chi connectivity index (χ4n) is 1.23. The number of phenolic OH excluding ortho intramolecular Hbond substituents is 1. The summed E-state index contributed by atoms with van der Waals surface area (Å²) in [5.74, 6) is 0.111. The quantitative estimate of drug-likeness (QED) is 0.543. The molecule has 0 spiro atoms. The third kappa shape index (κ3) is 4.63. The number of alkyl carbamates (subject to hydrolysis) is 1. The van der Waals surface area contributed by atoms with Gasteiger partial charge in [0.1, 0.15) is 11.4 Å². The normalized spacial score (nSPS) is 11.0. The largest absolute Gasteiger partial charge is 0.508 e. The van der Waals surface area contributed by atoms with Crippen molar-refractivity contribution in [2.75, 3.05) is 5.73 Å². The molecule has 0 atom stereocenters. The van der Waals surface area contributed by atoms with Crippen LogP contribution in [0.2, 0.25) is 0 Å². The van der Waals surface area contributed by atoms with Gasteiger partial charge in [-0.15, -0.1) is 0 Å². The van der Waals surface area contributed by atoms with Gasteiger partial charge in [0.25, 0.3) is 0 Å². The van der Waals surface area contributed by atoms with Crippen LogP contribution in [0.3, 0.4) is 0 Å². The second-order valence-electron chi connectivity index (χ2n) is 4.74. The van der Waals surface area contributed by atoms with Gasteiger partial charge in [-0.05, 0) is 44.5 Å². The van der Waals surface area contributed by atoms with Gasteiger partial charge in [0, 0.05) is 12.2 Å². The van der Waals surface area contributed by atoms with Crippen LogP contribution in [0.25, 0.3) is 0 Å². The lowest BCUT2D eigenvalue weighted by molar-refractivity contribution is 0.0523. The number of anilines is 1. The molecule has 0 fully saturated rings. The second kappa shape index (κ2) is 4.95. The Kier molecular flexibility index (Phi) is 3.83. The number of nitrogens with one attached hydrogen (secondary N) is 1. The fraction of sp³-hybridized carbons (Fsp3) is 0.417. The van der Waals surface area contributed by atoms with Gasteiger partial charge in [-0.2, -0.15) is 0 Å². The summed E-state index contributed by atoms with van der Waals surface area (Å²) in [5.41, 5.74) is 6.33. The summed E-state index contributed by atoms with van der Waals surface area (Å²) >= 11 is 0. The summed E-state index contributed by atoms with van der Waals surface area (Å²) in [6.45, 7) is 5.58. The first-order chi connectivity index (χ1) is 7.78. The fourth-order valence-corrected chi connectivity index (χ4v) is 1.23. The van der Waals surface area contributed by atoms with Crippen LogP contribution in [-0.4, -0.2) is 16.8 Å². The summed E-state index contributed by atoms with van der Waals surface area (Å²) < 4.78 is 5.08. The van der Waals surface area contributed by atoms with Gasteiger partial charge in [-0.3, -0.25) is 0 Å². The molecule has 4 N–H and O–H groups in total. The molecule has 1 amide bonds. The van der Waals surface area contributed by atoms with E-state index in [1.54, 1.807) is 26.8 Å². The van der Waals surface area contributed by atoms with Crippen LogP contribution in [0, 0.1) is 0 Å². The van der Waals surface area contributed by atoms with E-state index in [0.29, 0.717) is 11.3 Å². The second-order valence-corrected chi connectivity index (χ2v) is 4.74. The average molecular weight is 238 g/mol. The predicted octanol–water partition coefficient (Wildman–Crippen LogP) is 2.00. The molecule has 0 aliphatic heterocycles. The minimum Gasteiger partial charge on any atom is -0.508 e. The summed E-state index contributed by atoms with van der Waals surface area (Å²) in [5, 5.41) is 11.9. The Hall–Kier alpha value is -1.91. The third-order valence-electron chi connectivity index (χ3n) is 1.95. The Morgan fingerprint density at radius 2 is 2.12 bits per heavy atom. The molecule has 5 nitrogen and oxygen atoms in total. The van der Waals surface area contributed by atoms with E-state index in [2.05, 4.69) is 5.32 Å². The highest BCUT2D eigenvalue weighted by Gasteiger charge is 2.15. The van der Waals surface area contributed by atoms with Gasteiger partial charge < -0.3 is 20.9 Å². The number of phenols is 1. The molecule has 0 aliphatic carbocycles. The van der Waals surface area contributed by atoms with Crippen molar-refractivity contribution >= 4 is 11.8 Å². The van der Waals surface area contributed by atoms with Crippen LogP contribution in [0.5, 0.6) is 5.75 Å². The Morgan fingerprint density at radius 1 is 1.47 bits per heavy atom. The number of ether oxygens (including phenoxy) is 1. The summed E-state index contributed by atoms with van der Waals surface area (Å²) in [4.78, 5) is 11.4. The highest BCUT2D eigenvalue weighted by atomic mass is 16.6. The van der Waals surface area contributed by atoms with E-state index in [1.165, 1.54) is 12.1 Å². The standard InChI is InChI=1S/C12H18N2O3/c1-12(2,3)17-11(16)14-7-8-6-9(15)4-5-10(8)13/h4-6,15H,7,13H2,1-3H3,(H,14,16). The zero-order chi connectivity index (χ0) is 13.1. The first-order valence-electron chi connectivity index (χ1n) is 5.32. The molecule has 1 aromatic carbocycles. The van der Waals surface area contributed by atoms with Gasteiger partial charge >= 0.3 is 6.09 Å². The molecule has 5 heteroatoms. The van der Waals surface area contributed by atoms with Gasteiger partial charge in [0.15, 0.2) is 0 Å². The molecule has 0 bridgehead atoms. The van der Waals surface area contributed by atoms with Crippen molar-refractivity contribution in [2.45, 2.75) is 32.9 Å². The third-order valence-corrected chi connectivity index (χ3v) is 1.95. The first kappa shape index (κ1) is 13.2. The Labute approximate surface area is 101 Å². The molecule has 1 aromatic rings. The summed E-state index contributed by atoms with van der Waals surface area (Å²) in [6.07, 6.45) is -0.514. The number of amides is 1. The van der Waals surface area contributed by atoms with E-state index < -0.39 is 11.7 Å². The predicted molar refractivity (Wildman–Crippen MR) is 65.6 cm³/mol.